The minimum Gasteiger partial charge on any atom is -0.497 e. The van der Waals surface area contributed by atoms with E-state index in [2.05, 4.69) is 24.0 Å². The second-order valence-electron chi connectivity index (χ2n) is 6.55. The van der Waals surface area contributed by atoms with Crippen molar-refractivity contribution in [1.29, 1.82) is 0 Å². The van der Waals surface area contributed by atoms with Crippen LogP contribution in [-0.4, -0.2) is 41.2 Å². The summed E-state index contributed by atoms with van der Waals surface area (Å²) in [6.07, 6.45) is 1.18. The number of hydrogen-bond acceptors (Lipinski definition) is 3. The number of benzene rings is 1. The zero-order valence-electron chi connectivity index (χ0n) is 13.9. The van der Waals surface area contributed by atoms with E-state index >= 15 is 0 Å². The van der Waals surface area contributed by atoms with Gasteiger partial charge in [0.2, 0.25) is 0 Å². The lowest BCUT2D eigenvalue weighted by Crippen LogP contribution is -2.42. The van der Waals surface area contributed by atoms with Gasteiger partial charge in [-0.25, -0.2) is 0 Å². The Balaban J connectivity index is 1.79. The number of aromatic amines is 1. The van der Waals surface area contributed by atoms with E-state index in [0.717, 1.165) is 30.1 Å². The van der Waals surface area contributed by atoms with Gasteiger partial charge in [0.25, 0.3) is 5.91 Å². The largest absolute Gasteiger partial charge is 0.497 e. The summed E-state index contributed by atoms with van der Waals surface area (Å²) in [5, 5.41) is 7.17. The van der Waals surface area contributed by atoms with Gasteiger partial charge in [0.15, 0.2) is 0 Å². The van der Waals surface area contributed by atoms with Crippen molar-refractivity contribution in [1.82, 2.24) is 15.1 Å². The fourth-order valence-corrected chi connectivity index (χ4v) is 3.36. The Hall–Kier alpha value is -2.30. The van der Waals surface area contributed by atoms with Gasteiger partial charge in [-0.2, -0.15) is 5.10 Å². The topological polar surface area (TPSA) is 58.2 Å². The second-order valence-corrected chi connectivity index (χ2v) is 6.55. The van der Waals surface area contributed by atoms with E-state index in [9.17, 15) is 4.79 Å². The molecule has 5 nitrogen and oxygen atoms in total. The number of carbonyl (C=O) groups is 1. The second kappa shape index (κ2) is 6.44. The van der Waals surface area contributed by atoms with Crippen LogP contribution in [0.1, 0.15) is 30.8 Å². The van der Waals surface area contributed by atoms with E-state index in [1.54, 1.807) is 7.11 Å². The maximum Gasteiger partial charge on any atom is 0.271 e. The van der Waals surface area contributed by atoms with Gasteiger partial charge in [-0.1, -0.05) is 26.0 Å². The van der Waals surface area contributed by atoms with E-state index in [0.29, 0.717) is 17.5 Å². The Morgan fingerprint density at radius 1 is 1.26 bits per heavy atom. The molecule has 2 aromatic rings. The fourth-order valence-electron chi connectivity index (χ4n) is 3.36. The zero-order chi connectivity index (χ0) is 16.4. The van der Waals surface area contributed by atoms with Crippen molar-refractivity contribution in [3.8, 4) is 17.0 Å². The smallest absolute Gasteiger partial charge is 0.271 e. The van der Waals surface area contributed by atoms with Gasteiger partial charge in [0.05, 0.1) is 12.8 Å². The van der Waals surface area contributed by atoms with Crippen molar-refractivity contribution >= 4 is 5.91 Å². The molecule has 0 saturated carbocycles. The zero-order valence-corrected chi connectivity index (χ0v) is 13.9. The maximum absolute atomic E-state index is 12.7. The van der Waals surface area contributed by atoms with Gasteiger partial charge in [-0.15, -0.1) is 0 Å². The summed E-state index contributed by atoms with van der Waals surface area (Å²) in [6, 6.07) is 9.49. The van der Waals surface area contributed by atoms with E-state index in [1.165, 1.54) is 6.42 Å². The van der Waals surface area contributed by atoms with Crippen molar-refractivity contribution in [3.05, 3.63) is 36.0 Å². The number of methoxy groups -OCH3 is 1. The minimum absolute atomic E-state index is 0.0325. The molecule has 1 N–H and O–H groups in total. The van der Waals surface area contributed by atoms with Crippen LogP contribution < -0.4 is 4.74 Å². The first-order valence-corrected chi connectivity index (χ1v) is 8.06. The number of H-pyrrole nitrogens is 1. The van der Waals surface area contributed by atoms with Gasteiger partial charge in [0, 0.05) is 18.7 Å². The predicted molar refractivity (Wildman–Crippen MR) is 89.4 cm³/mol. The SMILES string of the molecule is COc1cccc(-c2cc(C(=O)N3C[C@@H](C)C[C@H](C)C3)[nH]n2)c1. The molecule has 0 unspecified atom stereocenters. The third-order valence-electron chi connectivity index (χ3n) is 4.33. The van der Waals surface area contributed by atoms with Crippen molar-refractivity contribution in [2.75, 3.05) is 20.2 Å². The number of piperidine rings is 1. The summed E-state index contributed by atoms with van der Waals surface area (Å²) >= 11 is 0. The Labute approximate surface area is 136 Å². The lowest BCUT2D eigenvalue weighted by molar-refractivity contribution is 0.0617. The predicted octanol–water partition coefficient (Wildman–Crippen LogP) is 3.20. The molecule has 0 aliphatic carbocycles. The van der Waals surface area contributed by atoms with E-state index in [1.807, 2.05) is 35.2 Å². The molecule has 1 aromatic heterocycles. The van der Waals surface area contributed by atoms with E-state index < -0.39 is 0 Å². The summed E-state index contributed by atoms with van der Waals surface area (Å²) in [5.74, 6) is 1.90. The molecule has 0 radical (unpaired) electrons. The number of amides is 1. The normalized spacial score (nSPS) is 21.3. The highest BCUT2D eigenvalue weighted by atomic mass is 16.5. The van der Waals surface area contributed by atoms with Crippen molar-refractivity contribution in [3.63, 3.8) is 0 Å². The monoisotopic (exact) mass is 313 g/mol. The molecule has 2 heterocycles. The highest BCUT2D eigenvalue weighted by Gasteiger charge is 2.27. The van der Waals surface area contributed by atoms with Crippen LogP contribution in [-0.2, 0) is 0 Å². The van der Waals surface area contributed by atoms with Gasteiger partial charge < -0.3 is 9.64 Å². The number of likely N-dealkylation sites (tertiary alicyclic amines) is 1. The van der Waals surface area contributed by atoms with Crippen molar-refractivity contribution in [2.24, 2.45) is 11.8 Å². The van der Waals surface area contributed by atoms with Crippen LogP contribution in [0.3, 0.4) is 0 Å². The molecule has 3 rings (SSSR count). The Morgan fingerprint density at radius 2 is 2.00 bits per heavy atom. The van der Waals surface area contributed by atoms with Crippen LogP contribution in [0.25, 0.3) is 11.3 Å². The number of ether oxygens (including phenoxy) is 1. The van der Waals surface area contributed by atoms with Crippen LogP contribution in [0.5, 0.6) is 5.75 Å². The van der Waals surface area contributed by atoms with Crippen molar-refractivity contribution < 1.29 is 9.53 Å². The van der Waals surface area contributed by atoms with Crippen LogP contribution >= 0.6 is 0 Å². The molecule has 1 amide bonds. The first kappa shape index (κ1) is 15.6. The summed E-state index contributed by atoms with van der Waals surface area (Å²) in [5.41, 5.74) is 2.23. The first-order chi connectivity index (χ1) is 11.1. The highest BCUT2D eigenvalue weighted by Crippen LogP contribution is 2.25. The Bertz CT molecular complexity index is 685. The minimum atomic E-state index is 0.0325. The molecule has 1 fully saturated rings. The van der Waals surface area contributed by atoms with Crippen LogP contribution in [0.15, 0.2) is 30.3 Å². The average Bonchev–Trinajstić information content (AvgIpc) is 3.03. The van der Waals surface area contributed by atoms with Crippen LogP contribution in [0.4, 0.5) is 0 Å². The first-order valence-electron chi connectivity index (χ1n) is 8.06. The fraction of sp³-hybridized carbons (Fsp3) is 0.444. The number of rotatable bonds is 3. The van der Waals surface area contributed by atoms with Gasteiger partial charge >= 0.3 is 0 Å². The summed E-state index contributed by atoms with van der Waals surface area (Å²) in [4.78, 5) is 14.6. The molecule has 23 heavy (non-hydrogen) atoms. The highest BCUT2D eigenvalue weighted by molar-refractivity contribution is 5.93. The molecule has 122 valence electrons. The number of aromatic nitrogens is 2. The number of nitrogens with zero attached hydrogens (tertiary/aromatic N) is 2. The molecule has 0 spiro atoms. The molecular weight excluding hydrogens is 290 g/mol. The van der Waals surface area contributed by atoms with E-state index in [-0.39, 0.29) is 5.91 Å². The Morgan fingerprint density at radius 3 is 2.70 bits per heavy atom. The number of hydrogen-bond donors (Lipinski definition) is 1. The lowest BCUT2D eigenvalue weighted by Gasteiger charge is -2.34. The molecule has 1 saturated heterocycles. The quantitative estimate of drug-likeness (QED) is 0.946. The summed E-state index contributed by atoms with van der Waals surface area (Å²) in [6.45, 7) is 6.03. The van der Waals surface area contributed by atoms with Gasteiger partial charge in [0.1, 0.15) is 11.4 Å². The van der Waals surface area contributed by atoms with E-state index in [4.69, 9.17) is 4.74 Å². The van der Waals surface area contributed by atoms with Crippen LogP contribution in [0.2, 0.25) is 0 Å². The van der Waals surface area contributed by atoms with Crippen molar-refractivity contribution in [2.45, 2.75) is 20.3 Å². The lowest BCUT2D eigenvalue weighted by atomic mass is 9.92. The standard InChI is InChI=1S/C18H23N3O2/c1-12-7-13(2)11-21(10-12)18(22)17-9-16(19-20-17)14-5-4-6-15(8-14)23-3/h4-6,8-9,12-13H,7,10-11H2,1-3H3,(H,19,20)/t12-,13-/m0/s1. The third-order valence-corrected chi connectivity index (χ3v) is 4.33. The summed E-state index contributed by atoms with van der Waals surface area (Å²) in [7, 11) is 1.64. The van der Waals surface area contributed by atoms with Crippen LogP contribution in [0, 0.1) is 11.8 Å². The summed E-state index contributed by atoms with van der Waals surface area (Å²) < 4.78 is 5.24. The van der Waals surface area contributed by atoms with Gasteiger partial charge in [-0.05, 0) is 36.5 Å². The molecule has 1 aliphatic rings. The molecular formula is C18H23N3O2. The Kier molecular flexibility index (Phi) is 4.37. The third kappa shape index (κ3) is 3.38. The number of carbonyl (C=O) groups excluding carboxylic acids is 1. The maximum atomic E-state index is 12.7. The molecule has 5 heteroatoms. The van der Waals surface area contributed by atoms with Gasteiger partial charge in [-0.3, -0.25) is 9.89 Å². The molecule has 2 atom stereocenters. The molecule has 0 bridgehead atoms. The molecule has 1 aliphatic heterocycles. The average molecular weight is 313 g/mol. The molecule has 1 aromatic carbocycles. The number of nitrogens with one attached hydrogen (secondary N) is 1.